The van der Waals surface area contributed by atoms with Crippen LogP contribution < -0.4 is 5.32 Å². The molecule has 92 valence electrons. The summed E-state index contributed by atoms with van der Waals surface area (Å²) in [6.45, 7) is 5.10. The van der Waals surface area contributed by atoms with Crippen LogP contribution in [-0.4, -0.2) is 47.1 Å². The lowest BCUT2D eigenvalue weighted by Crippen LogP contribution is -2.49. The Labute approximate surface area is 104 Å². The summed E-state index contributed by atoms with van der Waals surface area (Å²) in [5, 5.41) is 4.77. The SMILES string of the molecule is CC1SCCC1NC1CCN2CCCC2C1. The molecule has 3 fully saturated rings. The topological polar surface area (TPSA) is 15.3 Å². The maximum atomic E-state index is 3.93. The minimum atomic E-state index is 0.794. The normalized spacial score (nSPS) is 44.8. The first-order valence-electron chi connectivity index (χ1n) is 6.94. The maximum Gasteiger partial charge on any atom is 0.0194 e. The molecule has 0 aliphatic carbocycles. The first kappa shape index (κ1) is 11.4. The second-order valence-electron chi connectivity index (χ2n) is 5.69. The fourth-order valence-electron chi connectivity index (χ4n) is 3.63. The predicted molar refractivity (Wildman–Crippen MR) is 71.1 cm³/mol. The Morgan fingerprint density at radius 2 is 2.12 bits per heavy atom. The molecule has 0 radical (unpaired) electrons. The van der Waals surface area contributed by atoms with Gasteiger partial charge in [0, 0.05) is 23.4 Å². The van der Waals surface area contributed by atoms with Crippen molar-refractivity contribution >= 4 is 11.8 Å². The van der Waals surface area contributed by atoms with Crippen molar-refractivity contribution in [2.45, 2.75) is 62.4 Å². The molecule has 3 rings (SSSR count). The molecule has 3 aliphatic rings. The van der Waals surface area contributed by atoms with Gasteiger partial charge in [-0.1, -0.05) is 6.92 Å². The molecule has 3 saturated heterocycles. The molecule has 0 bridgehead atoms. The lowest BCUT2D eigenvalue weighted by molar-refractivity contribution is 0.161. The molecule has 3 heteroatoms. The largest absolute Gasteiger partial charge is 0.310 e. The van der Waals surface area contributed by atoms with Gasteiger partial charge >= 0.3 is 0 Å². The number of hydrogen-bond donors (Lipinski definition) is 1. The highest BCUT2D eigenvalue weighted by molar-refractivity contribution is 8.00. The van der Waals surface area contributed by atoms with Gasteiger partial charge in [0.2, 0.25) is 0 Å². The van der Waals surface area contributed by atoms with E-state index in [4.69, 9.17) is 0 Å². The Balaban J connectivity index is 1.52. The van der Waals surface area contributed by atoms with Crippen LogP contribution in [0.4, 0.5) is 0 Å². The van der Waals surface area contributed by atoms with Crippen LogP contribution in [0.2, 0.25) is 0 Å². The van der Waals surface area contributed by atoms with Crippen LogP contribution in [0.1, 0.15) is 39.0 Å². The summed E-state index contributed by atoms with van der Waals surface area (Å²) in [6.07, 6.45) is 7.06. The third kappa shape index (κ3) is 2.27. The molecule has 0 aromatic carbocycles. The summed E-state index contributed by atoms with van der Waals surface area (Å²) in [4.78, 5) is 2.71. The van der Waals surface area contributed by atoms with Gasteiger partial charge in [-0.15, -0.1) is 0 Å². The third-order valence-electron chi connectivity index (χ3n) is 4.65. The third-order valence-corrected chi connectivity index (χ3v) is 5.97. The zero-order chi connectivity index (χ0) is 11.0. The molecule has 1 N–H and O–H groups in total. The van der Waals surface area contributed by atoms with Crippen molar-refractivity contribution in [2.75, 3.05) is 18.8 Å². The minimum Gasteiger partial charge on any atom is -0.310 e. The van der Waals surface area contributed by atoms with Crippen molar-refractivity contribution in [1.82, 2.24) is 10.2 Å². The smallest absolute Gasteiger partial charge is 0.0194 e. The Morgan fingerprint density at radius 3 is 2.94 bits per heavy atom. The van der Waals surface area contributed by atoms with Crippen molar-refractivity contribution in [2.24, 2.45) is 0 Å². The van der Waals surface area contributed by atoms with Gasteiger partial charge in [-0.3, -0.25) is 0 Å². The Morgan fingerprint density at radius 1 is 1.19 bits per heavy atom. The van der Waals surface area contributed by atoms with E-state index in [1.54, 1.807) is 0 Å². The van der Waals surface area contributed by atoms with Gasteiger partial charge < -0.3 is 10.2 Å². The lowest BCUT2D eigenvalue weighted by atomic mass is 9.96. The zero-order valence-electron chi connectivity index (χ0n) is 10.3. The van der Waals surface area contributed by atoms with E-state index in [0.29, 0.717) is 0 Å². The highest BCUT2D eigenvalue weighted by Gasteiger charge is 2.34. The average molecular weight is 240 g/mol. The molecule has 0 spiro atoms. The zero-order valence-corrected chi connectivity index (χ0v) is 11.1. The lowest BCUT2D eigenvalue weighted by Gasteiger charge is -2.37. The van der Waals surface area contributed by atoms with Gasteiger partial charge in [0.25, 0.3) is 0 Å². The van der Waals surface area contributed by atoms with Crippen LogP contribution in [-0.2, 0) is 0 Å². The van der Waals surface area contributed by atoms with Crippen LogP contribution in [0.3, 0.4) is 0 Å². The molecule has 0 amide bonds. The highest BCUT2D eigenvalue weighted by atomic mass is 32.2. The van der Waals surface area contributed by atoms with Gasteiger partial charge in [0.15, 0.2) is 0 Å². The Bertz CT molecular complexity index is 246. The molecule has 4 unspecified atom stereocenters. The maximum absolute atomic E-state index is 3.93. The number of nitrogens with one attached hydrogen (secondary N) is 1. The quantitative estimate of drug-likeness (QED) is 0.796. The number of thioether (sulfide) groups is 1. The van der Waals surface area contributed by atoms with E-state index in [1.807, 2.05) is 0 Å². The standard InChI is InChI=1S/C13H24N2S/c1-10-13(5-8-16-10)14-11-4-7-15-6-2-3-12(15)9-11/h10-14H,2-9H2,1H3. The van der Waals surface area contributed by atoms with E-state index in [0.717, 1.165) is 23.4 Å². The van der Waals surface area contributed by atoms with Crippen molar-refractivity contribution in [1.29, 1.82) is 0 Å². The molecule has 0 aromatic rings. The van der Waals surface area contributed by atoms with E-state index < -0.39 is 0 Å². The number of rotatable bonds is 2. The van der Waals surface area contributed by atoms with Gasteiger partial charge in [-0.05, 0) is 50.9 Å². The van der Waals surface area contributed by atoms with Gasteiger partial charge in [-0.25, -0.2) is 0 Å². The number of hydrogen-bond acceptors (Lipinski definition) is 3. The first-order chi connectivity index (χ1) is 7.83. The second-order valence-corrected chi connectivity index (χ2v) is 7.18. The highest BCUT2D eigenvalue weighted by Crippen LogP contribution is 2.30. The summed E-state index contributed by atoms with van der Waals surface area (Å²) >= 11 is 2.14. The first-order valence-corrected chi connectivity index (χ1v) is 7.99. The van der Waals surface area contributed by atoms with Crippen molar-refractivity contribution in [3.8, 4) is 0 Å². The number of fused-ring (bicyclic) bond motifs is 1. The van der Waals surface area contributed by atoms with Crippen LogP contribution in [0.15, 0.2) is 0 Å². The van der Waals surface area contributed by atoms with Crippen molar-refractivity contribution in [3.05, 3.63) is 0 Å². The van der Waals surface area contributed by atoms with Crippen LogP contribution in [0.5, 0.6) is 0 Å². The molecule has 2 nitrogen and oxygen atoms in total. The van der Waals surface area contributed by atoms with E-state index in [9.17, 15) is 0 Å². The van der Waals surface area contributed by atoms with E-state index in [2.05, 4.69) is 28.9 Å². The molecule has 3 heterocycles. The van der Waals surface area contributed by atoms with Gasteiger partial charge in [-0.2, -0.15) is 11.8 Å². The molecular formula is C13H24N2S. The van der Waals surface area contributed by atoms with E-state index in [1.165, 1.54) is 50.9 Å². The molecule has 0 aromatic heterocycles. The summed E-state index contributed by atoms with van der Waals surface area (Å²) in [5.74, 6) is 1.36. The van der Waals surface area contributed by atoms with Crippen LogP contribution >= 0.6 is 11.8 Å². The molecular weight excluding hydrogens is 216 g/mol. The number of piperidine rings is 1. The predicted octanol–water partition coefficient (Wildman–Crippen LogP) is 2.10. The summed E-state index contributed by atoms with van der Waals surface area (Å²) in [6, 6.07) is 2.52. The average Bonchev–Trinajstić information content (AvgIpc) is 2.88. The molecule has 3 aliphatic heterocycles. The fraction of sp³-hybridized carbons (Fsp3) is 1.00. The summed E-state index contributed by atoms with van der Waals surface area (Å²) in [7, 11) is 0. The van der Waals surface area contributed by atoms with Crippen molar-refractivity contribution < 1.29 is 0 Å². The van der Waals surface area contributed by atoms with Crippen LogP contribution in [0.25, 0.3) is 0 Å². The summed E-state index contributed by atoms with van der Waals surface area (Å²) < 4.78 is 0. The van der Waals surface area contributed by atoms with Crippen LogP contribution in [0, 0.1) is 0 Å². The van der Waals surface area contributed by atoms with Crippen molar-refractivity contribution in [3.63, 3.8) is 0 Å². The Hall–Kier alpha value is 0.270. The van der Waals surface area contributed by atoms with E-state index in [-0.39, 0.29) is 0 Å². The minimum absolute atomic E-state index is 0.794. The van der Waals surface area contributed by atoms with E-state index >= 15 is 0 Å². The Kier molecular flexibility index (Phi) is 3.46. The fourth-order valence-corrected chi connectivity index (χ4v) is 4.84. The van der Waals surface area contributed by atoms with Gasteiger partial charge in [0.1, 0.15) is 0 Å². The monoisotopic (exact) mass is 240 g/mol. The number of nitrogens with zero attached hydrogens (tertiary/aromatic N) is 1. The molecule has 0 saturated carbocycles. The van der Waals surface area contributed by atoms with Gasteiger partial charge in [0.05, 0.1) is 0 Å². The second kappa shape index (κ2) is 4.87. The molecule has 4 atom stereocenters. The summed E-state index contributed by atoms with van der Waals surface area (Å²) in [5.41, 5.74) is 0. The molecule has 16 heavy (non-hydrogen) atoms.